The molecule has 0 unspecified atom stereocenters. The number of nitrogens with zero attached hydrogens (tertiary/aromatic N) is 1. The first kappa shape index (κ1) is 15.2. The molecule has 6 heteroatoms. The number of aliphatic carboxylic acids is 1. The van der Waals surface area contributed by atoms with Crippen molar-refractivity contribution in [3.05, 3.63) is 20.3 Å². The molecule has 0 aliphatic rings. The van der Waals surface area contributed by atoms with E-state index < -0.39 is 11.5 Å². The lowest BCUT2D eigenvalue weighted by Gasteiger charge is -2.33. The fraction of sp³-hybridized carbons (Fsp3) is 0.500. The second-order valence-corrected chi connectivity index (χ2v) is 6.85. The number of aryl methyl sites for hydroxylation is 1. The molecular formula is C12H16BrNO3S. The maximum atomic E-state index is 12.3. The zero-order chi connectivity index (χ0) is 14.1. The van der Waals surface area contributed by atoms with E-state index in [2.05, 4.69) is 15.9 Å². The van der Waals surface area contributed by atoms with Crippen LogP contribution < -0.4 is 0 Å². The first-order valence-electron chi connectivity index (χ1n) is 5.53. The zero-order valence-electron chi connectivity index (χ0n) is 10.8. The second kappa shape index (κ2) is 5.40. The van der Waals surface area contributed by atoms with Crippen molar-refractivity contribution in [1.29, 1.82) is 0 Å². The van der Waals surface area contributed by atoms with Gasteiger partial charge in [0.1, 0.15) is 5.54 Å². The average molecular weight is 334 g/mol. The van der Waals surface area contributed by atoms with Crippen molar-refractivity contribution in [2.24, 2.45) is 0 Å². The van der Waals surface area contributed by atoms with E-state index in [4.69, 9.17) is 0 Å². The summed E-state index contributed by atoms with van der Waals surface area (Å²) >= 11 is 4.69. The summed E-state index contributed by atoms with van der Waals surface area (Å²) in [6, 6.07) is 1.78. The summed E-state index contributed by atoms with van der Waals surface area (Å²) in [5.74, 6) is -1.26. The molecule has 0 aliphatic carbocycles. The van der Waals surface area contributed by atoms with E-state index in [1.807, 2.05) is 6.92 Å². The number of thiophene rings is 1. The van der Waals surface area contributed by atoms with Crippen molar-refractivity contribution in [2.75, 3.05) is 6.54 Å². The van der Waals surface area contributed by atoms with E-state index in [0.29, 0.717) is 11.4 Å². The van der Waals surface area contributed by atoms with Gasteiger partial charge in [0.2, 0.25) is 0 Å². The maximum Gasteiger partial charge on any atom is 0.329 e. The Kier molecular flexibility index (Phi) is 4.55. The van der Waals surface area contributed by atoms with E-state index in [1.54, 1.807) is 13.0 Å². The molecule has 1 heterocycles. The molecule has 18 heavy (non-hydrogen) atoms. The SMILES string of the molecule is CCN(C(=O)c1cc(C)c(Br)s1)C(C)(C)C(=O)O. The third kappa shape index (κ3) is 2.75. The van der Waals surface area contributed by atoms with E-state index >= 15 is 0 Å². The smallest absolute Gasteiger partial charge is 0.329 e. The monoisotopic (exact) mass is 333 g/mol. The predicted molar refractivity (Wildman–Crippen MR) is 75.2 cm³/mol. The molecular weight excluding hydrogens is 318 g/mol. The molecule has 0 bridgehead atoms. The van der Waals surface area contributed by atoms with Gasteiger partial charge in [-0.05, 0) is 55.3 Å². The first-order chi connectivity index (χ1) is 8.21. The van der Waals surface area contributed by atoms with Crippen LogP contribution in [-0.2, 0) is 4.79 Å². The van der Waals surface area contributed by atoms with Crippen LogP contribution in [0.25, 0.3) is 0 Å². The first-order valence-corrected chi connectivity index (χ1v) is 7.14. The largest absolute Gasteiger partial charge is 0.480 e. The second-order valence-electron chi connectivity index (χ2n) is 4.48. The molecule has 0 saturated carbocycles. The number of carboxylic acid groups (broad SMARTS) is 1. The number of likely N-dealkylation sites (N-methyl/N-ethyl adjacent to an activating group) is 1. The van der Waals surface area contributed by atoms with Crippen molar-refractivity contribution in [3.8, 4) is 0 Å². The summed E-state index contributed by atoms with van der Waals surface area (Å²) in [4.78, 5) is 25.5. The van der Waals surface area contributed by atoms with Crippen molar-refractivity contribution in [1.82, 2.24) is 4.90 Å². The molecule has 0 atom stereocenters. The van der Waals surface area contributed by atoms with Crippen LogP contribution in [0, 0.1) is 6.92 Å². The molecule has 1 N–H and O–H groups in total. The van der Waals surface area contributed by atoms with Crippen LogP contribution in [-0.4, -0.2) is 34.0 Å². The van der Waals surface area contributed by atoms with Gasteiger partial charge in [-0.2, -0.15) is 0 Å². The lowest BCUT2D eigenvalue weighted by Crippen LogP contribution is -2.52. The van der Waals surface area contributed by atoms with Crippen molar-refractivity contribution in [2.45, 2.75) is 33.2 Å². The fourth-order valence-corrected chi connectivity index (χ4v) is 3.09. The van der Waals surface area contributed by atoms with Gasteiger partial charge < -0.3 is 10.0 Å². The minimum absolute atomic E-state index is 0.247. The highest BCUT2D eigenvalue weighted by Crippen LogP contribution is 2.29. The minimum Gasteiger partial charge on any atom is -0.480 e. The van der Waals surface area contributed by atoms with Gasteiger partial charge in [0.25, 0.3) is 5.91 Å². The van der Waals surface area contributed by atoms with Gasteiger partial charge in [-0.1, -0.05) is 0 Å². The summed E-state index contributed by atoms with van der Waals surface area (Å²) in [7, 11) is 0. The third-order valence-electron chi connectivity index (χ3n) is 2.83. The Morgan fingerprint density at radius 2 is 2.06 bits per heavy atom. The van der Waals surface area contributed by atoms with Gasteiger partial charge in [0.15, 0.2) is 0 Å². The molecule has 0 fully saturated rings. The van der Waals surface area contributed by atoms with Crippen LogP contribution in [0.3, 0.4) is 0 Å². The highest BCUT2D eigenvalue weighted by Gasteiger charge is 2.37. The highest BCUT2D eigenvalue weighted by atomic mass is 79.9. The normalized spacial score (nSPS) is 11.4. The Hall–Kier alpha value is -0.880. The molecule has 4 nitrogen and oxygen atoms in total. The minimum atomic E-state index is -1.21. The summed E-state index contributed by atoms with van der Waals surface area (Å²) in [6.07, 6.45) is 0. The summed E-state index contributed by atoms with van der Waals surface area (Å²) in [5.41, 5.74) is -0.233. The van der Waals surface area contributed by atoms with Gasteiger partial charge in [-0.3, -0.25) is 4.79 Å². The van der Waals surface area contributed by atoms with Crippen molar-refractivity contribution >= 4 is 39.1 Å². The quantitative estimate of drug-likeness (QED) is 0.920. The van der Waals surface area contributed by atoms with Gasteiger partial charge in [-0.25, -0.2) is 4.79 Å². The molecule has 1 amide bonds. The van der Waals surface area contributed by atoms with Crippen LogP contribution >= 0.6 is 27.3 Å². The summed E-state index contributed by atoms with van der Waals surface area (Å²) in [6.45, 7) is 7.10. The lowest BCUT2D eigenvalue weighted by atomic mass is 10.0. The Bertz CT molecular complexity index is 462. The average Bonchev–Trinajstić information content (AvgIpc) is 2.59. The fourth-order valence-electron chi connectivity index (χ4n) is 1.61. The Morgan fingerprint density at radius 1 is 1.50 bits per heavy atom. The van der Waals surface area contributed by atoms with E-state index in [9.17, 15) is 14.7 Å². The van der Waals surface area contributed by atoms with Gasteiger partial charge >= 0.3 is 5.97 Å². The van der Waals surface area contributed by atoms with Crippen LogP contribution in [0.1, 0.15) is 36.0 Å². The lowest BCUT2D eigenvalue weighted by molar-refractivity contribution is -0.147. The number of halogens is 1. The van der Waals surface area contributed by atoms with Crippen LogP contribution in [0.2, 0.25) is 0 Å². The molecule has 0 saturated heterocycles. The van der Waals surface area contributed by atoms with Crippen LogP contribution in [0.5, 0.6) is 0 Å². The van der Waals surface area contributed by atoms with Crippen molar-refractivity contribution < 1.29 is 14.7 Å². The molecule has 1 aromatic heterocycles. The number of hydrogen-bond donors (Lipinski definition) is 1. The number of hydrogen-bond acceptors (Lipinski definition) is 3. The number of rotatable bonds is 4. The Morgan fingerprint density at radius 3 is 2.39 bits per heavy atom. The molecule has 100 valence electrons. The Balaban J connectivity index is 3.10. The third-order valence-corrected chi connectivity index (χ3v) is 4.95. The molecule has 1 aromatic rings. The van der Waals surface area contributed by atoms with Gasteiger partial charge in [0.05, 0.1) is 8.66 Å². The summed E-state index contributed by atoms with van der Waals surface area (Å²) < 4.78 is 0.898. The van der Waals surface area contributed by atoms with Gasteiger partial charge in [0, 0.05) is 6.54 Å². The standard InChI is InChI=1S/C12H16BrNO3S/c1-5-14(12(3,4)11(16)17)10(15)8-6-7(2)9(13)18-8/h6H,5H2,1-4H3,(H,16,17). The van der Waals surface area contributed by atoms with E-state index in [0.717, 1.165) is 9.35 Å². The number of carbonyl (C=O) groups excluding carboxylic acids is 1. The molecule has 0 spiro atoms. The Labute approximate surface area is 119 Å². The van der Waals surface area contributed by atoms with E-state index in [1.165, 1.54) is 30.1 Å². The molecule has 0 aromatic carbocycles. The molecule has 0 radical (unpaired) electrons. The van der Waals surface area contributed by atoms with Crippen LogP contribution in [0.4, 0.5) is 0 Å². The predicted octanol–water partition coefficient (Wildman–Crippen LogP) is 3.14. The maximum absolute atomic E-state index is 12.3. The van der Waals surface area contributed by atoms with Crippen molar-refractivity contribution in [3.63, 3.8) is 0 Å². The van der Waals surface area contributed by atoms with Crippen LogP contribution in [0.15, 0.2) is 9.85 Å². The number of carbonyl (C=O) groups is 2. The van der Waals surface area contributed by atoms with E-state index in [-0.39, 0.29) is 5.91 Å². The summed E-state index contributed by atoms with van der Waals surface area (Å²) in [5, 5.41) is 9.20. The molecule has 0 aliphatic heterocycles. The number of carboxylic acids is 1. The topological polar surface area (TPSA) is 57.6 Å². The highest BCUT2D eigenvalue weighted by molar-refractivity contribution is 9.11. The number of amides is 1. The zero-order valence-corrected chi connectivity index (χ0v) is 13.2. The molecule has 1 rings (SSSR count). The van der Waals surface area contributed by atoms with Gasteiger partial charge in [-0.15, -0.1) is 11.3 Å².